The van der Waals surface area contributed by atoms with Gasteiger partial charge in [-0.15, -0.1) is 0 Å². The summed E-state index contributed by atoms with van der Waals surface area (Å²) in [6.45, 7) is 4.55. The van der Waals surface area contributed by atoms with Gasteiger partial charge in [0.2, 0.25) is 0 Å². The molecule has 0 amide bonds. The average molecular weight is 223 g/mol. The number of morpholine rings is 1. The summed E-state index contributed by atoms with van der Waals surface area (Å²) in [5.74, 6) is 0. The van der Waals surface area contributed by atoms with Crippen LogP contribution in [0.15, 0.2) is 0 Å². The number of nitrogens with zero attached hydrogens (tertiary/aromatic N) is 1. The summed E-state index contributed by atoms with van der Waals surface area (Å²) < 4.78 is 31.1. The minimum atomic E-state index is -3.27. The maximum atomic E-state index is 10.6. The molecule has 5 nitrogen and oxygen atoms in total. The third-order valence-electron chi connectivity index (χ3n) is 2.02. The molecule has 0 aromatic carbocycles. The Morgan fingerprint density at radius 1 is 1.36 bits per heavy atom. The summed E-state index contributed by atoms with van der Waals surface area (Å²) in [7, 11) is -3.27. The van der Waals surface area contributed by atoms with Gasteiger partial charge in [-0.3, -0.25) is 9.08 Å². The van der Waals surface area contributed by atoms with Crippen molar-refractivity contribution in [3.05, 3.63) is 0 Å². The molecule has 0 bridgehead atoms. The number of rotatable bonds is 5. The highest BCUT2D eigenvalue weighted by Gasteiger charge is 2.09. The number of hydrogen-bond acceptors (Lipinski definition) is 5. The normalized spacial score (nSPS) is 19.8. The molecule has 1 rings (SSSR count). The second kappa shape index (κ2) is 5.65. The van der Waals surface area contributed by atoms with Gasteiger partial charge in [-0.2, -0.15) is 8.42 Å². The molecule has 0 aliphatic carbocycles. The predicted octanol–water partition coefficient (Wildman–Crippen LogP) is -0.315. The molecule has 1 aliphatic rings. The van der Waals surface area contributed by atoms with E-state index in [4.69, 9.17) is 4.74 Å². The van der Waals surface area contributed by atoms with Crippen molar-refractivity contribution in [2.24, 2.45) is 0 Å². The third-order valence-corrected chi connectivity index (χ3v) is 2.61. The zero-order valence-corrected chi connectivity index (χ0v) is 9.25. The van der Waals surface area contributed by atoms with Gasteiger partial charge in [0.05, 0.1) is 26.1 Å². The van der Waals surface area contributed by atoms with Crippen LogP contribution in [-0.2, 0) is 19.0 Å². The molecule has 14 heavy (non-hydrogen) atoms. The highest BCUT2D eigenvalue weighted by Crippen LogP contribution is 1.98. The van der Waals surface area contributed by atoms with Crippen LogP contribution in [0.1, 0.15) is 6.42 Å². The average Bonchev–Trinajstić information content (AvgIpc) is 2.13. The summed E-state index contributed by atoms with van der Waals surface area (Å²) in [5.41, 5.74) is 0. The van der Waals surface area contributed by atoms with Gasteiger partial charge >= 0.3 is 0 Å². The van der Waals surface area contributed by atoms with Crippen LogP contribution in [0, 0.1) is 0 Å². The first-order valence-electron chi connectivity index (χ1n) is 4.72. The van der Waals surface area contributed by atoms with E-state index in [0.29, 0.717) is 0 Å². The second-order valence-electron chi connectivity index (χ2n) is 3.33. The van der Waals surface area contributed by atoms with E-state index in [2.05, 4.69) is 9.08 Å². The van der Waals surface area contributed by atoms with E-state index in [1.54, 1.807) is 0 Å². The standard InChI is InChI=1S/C8H17NO4S/c1-14(10,11)13-6-2-3-9-4-7-12-8-5-9/h2-8H2,1H3. The molecule has 0 aromatic heterocycles. The van der Waals surface area contributed by atoms with Gasteiger partial charge in [0.15, 0.2) is 0 Å². The molecular formula is C8H17NO4S. The fraction of sp³-hybridized carbons (Fsp3) is 1.00. The van der Waals surface area contributed by atoms with Gasteiger partial charge in [-0.05, 0) is 6.42 Å². The first-order chi connectivity index (χ1) is 6.58. The van der Waals surface area contributed by atoms with E-state index in [-0.39, 0.29) is 6.61 Å². The fourth-order valence-electron chi connectivity index (χ4n) is 1.32. The Morgan fingerprint density at radius 3 is 2.57 bits per heavy atom. The maximum Gasteiger partial charge on any atom is 0.264 e. The highest BCUT2D eigenvalue weighted by atomic mass is 32.2. The van der Waals surface area contributed by atoms with Gasteiger partial charge in [-0.1, -0.05) is 0 Å². The van der Waals surface area contributed by atoms with Crippen LogP contribution < -0.4 is 0 Å². The van der Waals surface area contributed by atoms with Crippen molar-refractivity contribution in [2.75, 3.05) is 45.7 Å². The van der Waals surface area contributed by atoms with Crippen LogP contribution in [0.2, 0.25) is 0 Å². The van der Waals surface area contributed by atoms with E-state index < -0.39 is 10.1 Å². The number of ether oxygens (including phenoxy) is 1. The van der Waals surface area contributed by atoms with E-state index in [9.17, 15) is 8.42 Å². The molecule has 0 spiro atoms. The van der Waals surface area contributed by atoms with E-state index in [1.165, 1.54) is 0 Å². The molecule has 1 fully saturated rings. The smallest absolute Gasteiger partial charge is 0.264 e. The molecule has 0 unspecified atom stereocenters. The lowest BCUT2D eigenvalue weighted by atomic mass is 10.3. The van der Waals surface area contributed by atoms with Crippen molar-refractivity contribution < 1.29 is 17.3 Å². The van der Waals surface area contributed by atoms with E-state index >= 15 is 0 Å². The first-order valence-corrected chi connectivity index (χ1v) is 6.54. The Bertz CT molecular complexity index is 246. The summed E-state index contributed by atoms with van der Waals surface area (Å²) >= 11 is 0. The van der Waals surface area contributed by atoms with Gasteiger partial charge in [0.1, 0.15) is 0 Å². The fourth-order valence-corrected chi connectivity index (χ4v) is 1.74. The molecule has 6 heteroatoms. The molecule has 1 heterocycles. The van der Waals surface area contributed by atoms with Crippen LogP contribution in [0.3, 0.4) is 0 Å². The van der Waals surface area contributed by atoms with Crippen molar-refractivity contribution in [3.8, 4) is 0 Å². The van der Waals surface area contributed by atoms with E-state index in [1.807, 2.05) is 0 Å². The van der Waals surface area contributed by atoms with Crippen LogP contribution in [0.25, 0.3) is 0 Å². The Hall–Kier alpha value is -0.170. The van der Waals surface area contributed by atoms with Gasteiger partial charge in [-0.25, -0.2) is 0 Å². The quantitative estimate of drug-likeness (QED) is 0.472. The topological polar surface area (TPSA) is 55.8 Å². The van der Waals surface area contributed by atoms with Crippen molar-refractivity contribution >= 4 is 10.1 Å². The maximum absolute atomic E-state index is 10.6. The van der Waals surface area contributed by atoms with Crippen LogP contribution in [0.5, 0.6) is 0 Å². The first kappa shape index (κ1) is 11.9. The Morgan fingerprint density at radius 2 is 2.00 bits per heavy atom. The molecule has 1 aliphatic heterocycles. The summed E-state index contributed by atoms with van der Waals surface area (Å²) in [6, 6.07) is 0. The molecule has 1 saturated heterocycles. The molecule has 0 atom stereocenters. The number of hydrogen-bond donors (Lipinski definition) is 0. The molecule has 0 aromatic rings. The third kappa shape index (κ3) is 5.54. The summed E-state index contributed by atoms with van der Waals surface area (Å²) in [4.78, 5) is 2.25. The summed E-state index contributed by atoms with van der Waals surface area (Å²) in [5, 5.41) is 0. The highest BCUT2D eigenvalue weighted by molar-refractivity contribution is 7.85. The van der Waals surface area contributed by atoms with Crippen molar-refractivity contribution in [3.63, 3.8) is 0 Å². The van der Waals surface area contributed by atoms with Crippen molar-refractivity contribution in [1.29, 1.82) is 0 Å². The molecule has 84 valence electrons. The summed E-state index contributed by atoms with van der Waals surface area (Å²) in [6.07, 6.45) is 1.81. The zero-order chi connectivity index (χ0) is 10.4. The largest absolute Gasteiger partial charge is 0.379 e. The lowest BCUT2D eigenvalue weighted by molar-refractivity contribution is 0.0359. The van der Waals surface area contributed by atoms with Crippen LogP contribution in [0.4, 0.5) is 0 Å². The second-order valence-corrected chi connectivity index (χ2v) is 4.98. The Kier molecular flexibility index (Phi) is 4.80. The Balaban J connectivity index is 2.03. The Labute approximate surface area is 85.1 Å². The molecular weight excluding hydrogens is 206 g/mol. The monoisotopic (exact) mass is 223 g/mol. The molecule has 0 radical (unpaired) electrons. The van der Waals surface area contributed by atoms with Crippen molar-refractivity contribution in [2.45, 2.75) is 6.42 Å². The van der Waals surface area contributed by atoms with E-state index in [0.717, 1.165) is 45.5 Å². The lowest BCUT2D eigenvalue weighted by Crippen LogP contribution is -2.37. The van der Waals surface area contributed by atoms with Crippen LogP contribution >= 0.6 is 0 Å². The van der Waals surface area contributed by atoms with Crippen LogP contribution in [-0.4, -0.2) is 59.0 Å². The van der Waals surface area contributed by atoms with Gasteiger partial charge < -0.3 is 4.74 Å². The molecule has 0 N–H and O–H groups in total. The van der Waals surface area contributed by atoms with Gasteiger partial charge in [0.25, 0.3) is 10.1 Å². The predicted molar refractivity (Wildman–Crippen MR) is 52.7 cm³/mol. The SMILES string of the molecule is CS(=O)(=O)OCCCN1CCOCC1. The zero-order valence-electron chi connectivity index (χ0n) is 8.44. The minimum Gasteiger partial charge on any atom is -0.379 e. The minimum absolute atomic E-state index is 0.274. The van der Waals surface area contributed by atoms with Gasteiger partial charge in [0, 0.05) is 19.6 Å². The lowest BCUT2D eigenvalue weighted by Gasteiger charge is -2.26. The van der Waals surface area contributed by atoms with Crippen molar-refractivity contribution in [1.82, 2.24) is 4.90 Å². The molecule has 0 saturated carbocycles.